The van der Waals surface area contributed by atoms with Crippen molar-refractivity contribution < 1.29 is 27.5 Å². The predicted molar refractivity (Wildman–Crippen MR) is 72.0 cm³/mol. The van der Waals surface area contributed by atoms with Crippen LogP contribution >= 0.6 is 0 Å². The van der Waals surface area contributed by atoms with Crippen LogP contribution in [0.1, 0.15) is 25.7 Å². The van der Waals surface area contributed by atoms with Crippen molar-refractivity contribution in [3.05, 3.63) is 0 Å². The van der Waals surface area contributed by atoms with Crippen LogP contribution in [-0.4, -0.2) is 67.2 Å². The number of carbonyl (C=O) groups is 2. The number of likely N-dealkylation sites (N-methyl/N-ethyl adjacent to an activating group) is 1. The average molecular weight is 322 g/mol. The summed E-state index contributed by atoms with van der Waals surface area (Å²) in [5, 5.41) is 0. The fourth-order valence-electron chi connectivity index (χ4n) is 3.00. The first-order valence-electron chi connectivity index (χ1n) is 7.51. The quantitative estimate of drug-likeness (QED) is 0.790. The van der Waals surface area contributed by atoms with E-state index in [9.17, 15) is 22.8 Å². The summed E-state index contributed by atoms with van der Waals surface area (Å²) in [5.74, 6) is -2.20. The number of carbonyl (C=O) groups excluding carboxylic acids is 2. The van der Waals surface area contributed by atoms with Gasteiger partial charge in [0.05, 0.1) is 6.10 Å². The molecule has 2 aliphatic rings. The largest absolute Gasteiger partial charge is 0.471 e. The molecule has 8 heteroatoms. The van der Waals surface area contributed by atoms with Crippen molar-refractivity contribution in [1.29, 1.82) is 0 Å². The number of alkyl halides is 3. The highest BCUT2D eigenvalue weighted by Crippen LogP contribution is 2.25. The molecule has 0 radical (unpaired) electrons. The Labute approximate surface area is 127 Å². The molecular weight excluding hydrogens is 301 g/mol. The second-order valence-electron chi connectivity index (χ2n) is 5.92. The summed E-state index contributed by atoms with van der Waals surface area (Å²) in [6, 6.07) is 0. The smallest absolute Gasteiger partial charge is 0.376 e. The van der Waals surface area contributed by atoms with Crippen LogP contribution in [0.3, 0.4) is 0 Å². The minimum atomic E-state index is -4.84. The van der Waals surface area contributed by atoms with Crippen LogP contribution in [0.25, 0.3) is 0 Å². The van der Waals surface area contributed by atoms with Crippen LogP contribution in [0.4, 0.5) is 13.2 Å². The fourth-order valence-corrected chi connectivity index (χ4v) is 3.00. The monoisotopic (exact) mass is 322 g/mol. The Morgan fingerprint density at radius 2 is 1.86 bits per heavy atom. The highest BCUT2D eigenvalue weighted by Gasteiger charge is 2.44. The summed E-state index contributed by atoms with van der Waals surface area (Å²) in [5.41, 5.74) is 0. The third-order valence-corrected chi connectivity index (χ3v) is 4.25. The highest BCUT2D eigenvalue weighted by molar-refractivity contribution is 5.83. The van der Waals surface area contributed by atoms with Crippen molar-refractivity contribution in [2.75, 3.05) is 33.3 Å². The molecule has 2 rings (SSSR count). The molecule has 1 unspecified atom stereocenters. The number of piperidine rings is 1. The Hall–Kier alpha value is -1.31. The van der Waals surface area contributed by atoms with Crippen LogP contribution in [0.15, 0.2) is 0 Å². The Kier molecular flexibility index (Phi) is 5.31. The normalized spacial score (nSPS) is 23.6. The summed E-state index contributed by atoms with van der Waals surface area (Å²) < 4.78 is 42.6. The molecule has 0 aliphatic carbocycles. The van der Waals surface area contributed by atoms with E-state index in [1.165, 1.54) is 0 Å². The molecule has 0 spiro atoms. The van der Waals surface area contributed by atoms with E-state index < -0.39 is 12.1 Å². The maximum absolute atomic E-state index is 12.4. The van der Waals surface area contributed by atoms with Gasteiger partial charge in [-0.3, -0.25) is 9.59 Å². The molecule has 2 saturated heterocycles. The second-order valence-corrected chi connectivity index (χ2v) is 5.92. The third kappa shape index (κ3) is 4.12. The summed E-state index contributed by atoms with van der Waals surface area (Å²) >= 11 is 0. The van der Waals surface area contributed by atoms with E-state index in [1.54, 1.807) is 11.9 Å². The summed E-state index contributed by atoms with van der Waals surface area (Å²) in [4.78, 5) is 25.8. The van der Waals surface area contributed by atoms with Crippen molar-refractivity contribution in [1.82, 2.24) is 9.80 Å². The minimum absolute atomic E-state index is 0.0253. The number of ether oxygens (including phenoxy) is 1. The van der Waals surface area contributed by atoms with E-state index in [4.69, 9.17) is 4.74 Å². The second kappa shape index (κ2) is 6.85. The van der Waals surface area contributed by atoms with Gasteiger partial charge >= 0.3 is 12.1 Å². The molecule has 2 aliphatic heterocycles. The zero-order chi connectivity index (χ0) is 16.3. The van der Waals surface area contributed by atoms with Gasteiger partial charge in [0.15, 0.2) is 0 Å². The fraction of sp³-hybridized carbons (Fsp3) is 0.857. The molecule has 0 saturated carbocycles. The Morgan fingerprint density at radius 1 is 1.23 bits per heavy atom. The van der Waals surface area contributed by atoms with Gasteiger partial charge in [0.1, 0.15) is 0 Å². The van der Waals surface area contributed by atoms with E-state index in [1.807, 2.05) is 0 Å². The average Bonchev–Trinajstić information content (AvgIpc) is 2.97. The van der Waals surface area contributed by atoms with Gasteiger partial charge in [-0.05, 0) is 25.7 Å². The highest BCUT2D eigenvalue weighted by atomic mass is 19.4. The van der Waals surface area contributed by atoms with E-state index in [-0.39, 0.29) is 43.9 Å². The topological polar surface area (TPSA) is 49.9 Å². The third-order valence-electron chi connectivity index (χ3n) is 4.25. The zero-order valence-electron chi connectivity index (χ0n) is 12.6. The first-order valence-corrected chi connectivity index (χ1v) is 7.51. The van der Waals surface area contributed by atoms with Gasteiger partial charge in [0.2, 0.25) is 5.91 Å². The predicted octanol–water partition coefficient (Wildman–Crippen LogP) is 1.42. The van der Waals surface area contributed by atoms with Crippen molar-refractivity contribution in [3.8, 4) is 0 Å². The standard InChI is InChI=1S/C14H21F3N2O3/c1-18(9-11-3-2-8-22-11)12(20)10-4-6-19(7-5-10)13(21)14(15,16)17/h10-11H,2-9H2,1H3. The van der Waals surface area contributed by atoms with Gasteiger partial charge < -0.3 is 14.5 Å². The number of halogens is 3. The van der Waals surface area contributed by atoms with E-state index in [0.29, 0.717) is 13.2 Å². The first kappa shape index (κ1) is 17.1. The zero-order valence-corrected chi connectivity index (χ0v) is 12.6. The van der Waals surface area contributed by atoms with Gasteiger partial charge in [0, 0.05) is 39.2 Å². The number of likely N-dealkylation sites (tertiary alicyclic amines) is 1. The maximum atomic E-state index is 12.4. The summed E-state index contributed by atoms with van der Waals surface area (Å²) in [6.45, 7) is 1.18. The van der Waals surface area contributed by atoms with E-state index in [2.05, 4.69) is 0 Å². The van der Waals surface area contributed by atoms with E-state index in [0.717, 1.165) is 17.7 Å². The molecule has 22 heavy (non-hydrogen) atoms. The minimum Gasteiger partial charge on any atom is -0.376 e. The molecule has 2 fully saturated rings. The molecule has 0 N–H and O–H groups in total. The molecule has 126 valence electrons. The number of nitrogens with zero attached hydrogens (tertiary/aromatic N) is 2. The number of hydrogen-bond acceptors (Lipinski definition) is 3. The van der Waals surface area contributed by atoms with Crippen LogP contribution in [-0.2, 0) is 14.3 Å². The van der Waals surface area contributed by atoms with Crippen molar-refractivity contribution in [3.63, 3.8) is 0 Å². The molecule has 0 aromatic carbocycles. The molecule has 1 atom stereocenters. The van der Waals surface area contributed by atoms with Crippen molar-refractivity contribution >= 4 is 11.8 Å². The van der Waals surface area contributed by atoms with Crippen LogP contribution in [0.5, 0.6) is 0 Å². The molecule has 2 amide bonds. The SMILES string of the molecule is CN(CC1CCCO1)C(=O)C1CCN(C(=O)C(F)(F)F)CC1. The number of amides is 2. The number of rotatable bonds is 3. The lowest BCUT2D eigenvalue weighted by atomic mass is 9.95. The van der Waals surface area contributed by atoms with Gasteiger partial charge in [-0.2, -0.15) is 13.2 Å². The van der Waals surface area contributed by atoms with Crippen LogP contribution in [0.2, 0.25) is 0 Å². The molecular formula is C14H21F3N2O3. The lowest BCUT2D eigenvalue weighted by Crippen LogP contribution is -2.48. The van der Waals surface area contributed by atoms with Crippen LogP contribution < -0.4 is 0 Å². The Morgan fingerprint density at radius 3 is 2.36 bits per heavy atom. The van der Waals surface area contributed by atoms with Crippen molar-refractivity contribution in [2.24, 2.45) is 5.92 Å². The maximum Gasteiger partial charge on any atom is 0.471 e. The van der Waals surface area contributed by atoms with Gasteiger partial charge in [0.25, 0.3) is 0 Å². The molecule has 0 aromatic heterocycles. The number of hydrogen-bond donors (Lipinski definition) is 0. The lowest BCUT2D eigenvalue weighted by molar-refractivity contribution is -0.187. The first-order chi connectivity index (χ1) is 10.3. The molecule has 0 aromatic rings. The van der Waals surface area contributed by atoms with E-state index >= 15 is 0 Å². The van der Waals surface area contributed by atoms with Gasteiger partial charge in [-0.15, -0.1) is 0 Å². The summed E-state index contributed by atoms with van der Waals surface area (Å²) in [7, 11) is 1.69. The van der Waals surface area contributed by atoms with Crippen molar-refractivity contribution in [2.45, 2.75) is 38.0 Å². The molecule has 0 bridgehead atoms. The Balaban J connectivity index is 1.80. The summed E-state index contributed by atoms with van der Waals surface area (Å²) in [6.07, 6.45) is -2.32. The van der Waals surface area contributed by atoms with Crippen LogP contribution in [0, 0.1) is 5.92 Å². The Bertz CT molecular complexity index is 414. The molecule has 2 heterocycles. The molecule has 5 nitrogen and oxygen atoms in total. The lowest BCUT2D eigenvalue weighted by Gasteiger charge is -2.33. The van der Waals surface area contributed by atoms with Gasteiger partial charge in [-0.1, -0.05) is 0 Å². The van der Waals surface area contributed by atoms with Gasteiger partial charge in [-0.25, -0.2) is 0 Å².